The van der Waals surface area contributed by atoms with Crippen molar-refractivity contribution in [1.29, 1.82) is 10.8 Å². The summed E-state index contributed by atoms with van der Waals surface area (Å²) in [7, 11) is 0. The van der Waals surface area contributed by atoms with Gasteiger partial charge < -0.3 is 43.0 Å². The van der Waals surface area contributed by atoms with Crippen molar-refractivity contribution in [3.63, 3.8) is 0 Å². The number of rotatable bonds is 17. The number of amidine groups is 1. The molecule has 0 fully saturated rings. The number of nitrogen functional groups attached to an aromatic ring is 1. The van der Waals surface area contributed by atoms with Gasteiger partial charge in [-0.2, -0.15) is 13.2 Å². The third-order valence-electron chi connectivity index (χ3n) is 7.14. The van der Waals surface area contributed by atoms with Gasteiger partial charge >= 0.3 is 12.1 Å². The van der Waals surface area contributed by atoms with Crippen LogP contribution in [0.25, 0.3) is 0 Å². The van der Waals surface area contributed by atoms with Gasteiger partial charge in [0.2, 0.25) is 17.7 Å². The molecule has 17 heteroatoms. The van der Waals surface area contributed by atoms with E-state index in [9.17, 15) is 27.6 Å². The molecule has 51 heavy (non-hydrogen) atoms. The molecule has 0 saturated heterocycles. The van der Waals surface area contributed by atoms with E-state index in [0.717, 1.165) is 16.7 Å². The minimum Gasteiger partial charge on any atom is -0.475 e. The zero-order chi connectivity index (χ0) is 38.0. The highest BCUT2D eigenvalue weighted by atomic mass is 19.4. The Bertz CT molecular complexity index is 1610. The van der Waals surface area contributed by atoms with Gasteiger partial charge in [-0.3, -0.25) is 25.2 Å². The summed E-state index contributed by atoms with van der Waals surface area (Å²) in [6, 6.07) is 23.5. The molecule has 3 amide bonds. The lowest BCUT2D eigenvalue weighted by Crippen LogP contribution is -2.55. The summed E-state index contributed by atoms with van der Waals surface area (Å²) in [6.07, 6.45) is -4.15. The Labute approximate surface area is 291 Å². The number of hydrogen-bond acceptors (Lipinski definition) is 7. The first-order valence-electron chi connectivity index (χ1n) is 15.5. The fraction of sp³-hybridized carbons (Fsp3) is 0.294. The molecule has 0 aromatic heterocycles. The van der Waals surface area contributed by atoms with Crippen LogP contribution in [0.1, 0.15) is 41.0 Å². The molecule has 274 valence electrons. The lowest BCUT2D eigenvalue weighted by Gasteiger charge is -2.25. The molecule has 0 aliphatic carbocycles. The van der Waals surface area contributed by atoms with Gasteiger partial charge in [-0.05, 0) is 36.0 Å². The van der Waals surface area contributed by atoms with Crippen molar-refractivity contribution < 1.29 is 42.2 Å². The Morgan fingerprint density at radius 1 is 0.784 bits per heavy atom. The van der Waals surface area contributed by atoms with Gasteiger partial charge in [-0.15, -0.1) is 0 Å². The summed E-state index contributed by atoms with van der Waals surface area (Å²) >= 11 is 0. The summed E-state index contributed by atoms with van der Waals surface area (Å²) in [4.78, 5) is 48.4. The second kappa shape index (κ2) is 20.5. The highest BCUT2D eigenvalue weighted by Crippen LogP contribution is 2.22. The second-order valence-corrected chi connectivity index (χ2v) is 11.1. The van der Waals surface area contributed by atoms with E-state index in [4.69, 9.17) is 42.7 Å². The molecular formula is C34H41F3N8O6. The molecule has 14 nitrogen and oxygen atoms in total. The SMILES string of the molecule is N=C(N)NCCCC(NC(=O)[C@H](COCc1ccccc1)NC(=O)[C@@H](Cc1ccc(C(=N)N)cc1)c1ccccc1)C(N)=O.O=C(O)C(F)(F)F. The lowest BCUT2D eigenvalue weighted by molar-refractivity contribution is -0.192. The van der Waals surface area contributed by atoms with Crippen LogP contribution in [0.2, 0.25) is 0 Å². The normalized spacial score (nSPS) is 12.5. The highest BCUT2D eigenvalue weighted by molar-refractivity contribution is 5.95. The van der Waals surface area contributed by atoms with Crippen molar-refractivity contribution in [1.82, 2.24) is 16.0 Å². The molecule has 0 radical (unpaired) electrons. The number of guanidine groups is 1. The predicted molar refractivity (Wildman–Crippen MR) is 182 cm³/mol. The first-order chi connectivity index (χ1) is 24.1. The van der Waals surface area contributed by atoms with Gasteiger partial charge in [0.25, 0.3) is 0 Å². The largest absolute Gasteiger partial charge is 0.490 e. The number of nitrogens with one attached hydrogen (secondary N) is 5. The third-order valence-corrected chi connectivity index (χ3v) is 7.14. The van der Waals surface area contributed by atoms with Crippen molar-refractivity contribution in [2.75, 3.05) is 13.2 Å². The number of carbonyl (C=O) groups excluding carboxylic acids is 3. The van der Waals surface area contributed by atoms with Crippen LogP contribution in [-0.4, -0.2) is 72.0 Å². The molecule has 0 aliphatic heterocycles. The predicted octanol–water partition coefficient (Wildman–Crippen LogP) is 1.87. The van der Waals surface area contributed by atoms with E-state index < -0.39 is 47.9 Å². The molecule has 3 atom stereocenters. The van der Waals surface area contributed by atoms with Crippen molar-refractivity contribution in [2.24, 2.45) is 17.2 Å². The van der Waals surface area contributed by atoms with Gasteiger partial charge in [0.1, 0.15) is 17.9 Å². The smallest absolute Gasteiger partial charge is 0.475 e. The number of carboxylic acids is 1. The van der Waals surface area contributed by atoms with Gasteiger partial charge in [-0.1, -0.05) is 84.9 Å². The Balaban J connectivity index is 0.00000116. The Morgan fingerprint density at radius 2 is 1.33 bits per heavy atom. The van der Waals surface area contributed by atoms with E-state index >= 15 is 0 Å². The fourth-order valence-corrected chi connectivity index (χ4v) is 4.51. The van der Waals surface area contributed by atoms with Gasteiger partial charge in [0.15, 0.2) is 5.96 Å². The quantitative estimate of drug-likeness (QED) is 0.0561. The number of nitrogens with two attached hydrogens (primary N) is 3. The molecule has 3 aromatic rings. The zero-order valence-corrected chi connectivity index (χ0v) is 27.4. The van der Waals surface area contributed by atoms with Crippen molar-refractivity contribution >= 4 is 35.5 Å². The van der Waals surface area contributed by atoms with E-state index in [0.29, 0.717) is 24.9 Å². The van der Waals surface area contributed by atoms with Gasteiger partial charge in [0, 0.05) is 12.1 Å². The minimum atomic E-state index is -5.08. The summed E-state index contributed by atoms with van der Waals surface area (Å²) in [5.74, 6) is -5.43. The number of primary amides is 1. The number of alkyl halides is 3. The lowest BCUT2D eigenvalue weighted by atomic mass is 9.90. The fourth-order valence-electron chi connectivity index (χ4n) is 4.51. The number of carbonyl (C=O) groups is 4. The molecule has 0 spiro atoms. The molecule has 0 saturated carbocycles. The summed E-state index contributed by atoms with van der Waals surface area (Å²) in [5.41, 5.74) is 19.5. The molecular weight excluding hydrogens is 673 g/mol. The van der Waals surface area contributed by atoms with Crippen LogP contribution >= 0.6 is 0 Å². The van der Waals surface area contributed by atoms with Crippen LogP contribution in [0.15, 0.2) is 84.9 Å². The van der Waals surface area contributed by atoms with Crippen LogP contribution < -0.4 is 33.2 Å². The van der Waals surface area contributed by atoms with Crippen molar-refractivity contribution in [3.8, 4) is 0 Å². The standard InChI is InChI=1S/C32H40N8O4.C2HF3O2/c33-28(34)24-15-13-21(14-16-24)18-25(23-10-5-2-6-11-23)30(42)40-27(20-44-19-22-8-3-1-4-9-22)31(43)39-26(29(35)41)12-7-17-38-32(36)37;3-2(4,5)1(6)7/h1-6,8-11,13-16,25-27H,7,12,17-20H2,(H3,33,34)(H2,35,41)(H,39,43)(H,40,42)(H4,36,37,38);(H,6,7)/t25-,26?,27-;/m0./s1. The van der Waals surface area contributed by atoms with Crippen LogP contribution in [0.5, 0.6) is 0 Å². The maximum absolute atomic E-state index is 13.8. The van der Waals surface area contributed by atoms with E-state index in [1.807, 2.05) is 72.8 Å². The molecule has 0 heterocycles. The summed E-state index contributed by atoms with van der Waals surface area (Å²) in [5, 5.41) is 30.2. The molecule has 12 N–H and O–H groups in total. The number of halogens is 3. The summed E-state index contributed by atoms with van der Waals surface area (Å²) in [6.45, 7) is 0.376. The zero-order valence-electron chi connectivity index (χ0n) is 27.4. The maximum atomic E-state index is 13.8. The van der Waals surface area contributed by atoms with Crippen LogP contribution in [0.3, 0.4) is 0 Å². The van der Waals surface area contributed by atoms with Crippen LogP contribution in [0.4, 0.5) is 13.2 Å². The average molecular weight is 715 g/mol. The van der Waals surface area contributed by atoms with E-state index in [1.54, 1.807) is 12.1 Å². The van der Waals surface area contributed by atoms with Crippen molar-refractivity contribution in [2.45, 2.75) is 50.0 Å². The molecule has 3 rings (SSSR count). The van der Waals surface area contributed by atoms with E-state index in [2.05, 4.69) is 16.0 Å². The van der Waals surface area contributed by atoms with Gasteiger partial charge in [-0.25, -0.2) is 4.79 Å². The monoisotopic (exact) mass is 714 g/mol. The van der Waals surface area contributed by atoms with E-state index in [1.165, 1.54) is 0 Å². The van der Waals surface area contributed by atoms with Crippen LogP contribution in [0, 0.1) is 10.8 Å². The van der Waals surface area contributed by atoms with Crippen LogP contribution in [-0.2, 0) is 36.9 Å². The maximum Gasteiger partial charge on any atom is 0.490 e. The first kappa shape index (κ1) is 41.2. The Kier molecular flexibility index (Phi) is 16.6. The van der Waals surface area contributed by atoms with E-state index in [-0.39, 0.29) is 31.4 Å². The number of amides is 3. The molecule has 0 aliphatic rings. The Hall–Kier alpha value is -5.97. The minimum absolute atomic E-state index is 0.0531. The number of carboxylic acid groups (broad SMARTS) is 1. The topological polar surface area (TPSA) is 260 Å². The number of hydrogen-bond donors (Lipinski definition) is 9. The highest BCUT2D eigenvalue weighted by Gasteiger charge is 2.38. The number of ether oxygens (including phenoxy) is 1. The summed E-state index contributed by atoms with van der Waals surface area (Å²) < 4.78 is 37.6. The molecule has 3 aromatic carbocycles. The number of benzene rings is 3. The second-order valence-electron chi connectivity index (χ2n) is 11.1. The Morgan fingerprint density at radius 3 is 1.84 bits per heavy atom. The first-order valence-corrected chi connectivity index (χ1v) is 15.5. The van der Waals surface area contributed by atoms with Crippen molar-refractivity contribution in [3.05, 3.63) is 107 Å². The molecule has 1 unspecified atom stereocenters. The number of aliphatic carboxylic acids is 1. The third kappa shape index (κ3) is 15.4. The molecule has 0 bridgehead atoms. The van der Waals surface area contributed by atoms with Gasteiger partial charge in [0.05, 0.1) is 19.1 Å². The average Bonchev–Trinajstić information content (AvgIpc) is 3.08.